The van der Waals surface area contributed by atoms with E-state index in [-0.39, 0.29) is 21.4 Å². The molecule has 2 rings (SSSR count). The number of nitrogens with zero attached hydrogens (tertiary/aromatic N) is 1. The fourth-order valence-corrected chi connectivity index (χ4v) is 3.48. The second kappa shape index (κ2) is 5.72. The molecular weight excluding hydrogens is 300 g/mol. The Labute approximate surface area is 122 Å². The molecule has 0 spiro atoms. The largest absolute Gasteiger partial charge is 0.398 e. The first kappa shape index (κ1) is 14.7. The Morgan fingerprint density at radius 2 is 2.20 bits per heavy atom. The fourth-order valence-electron chi connectivity index (χ4n) is 1.81. The molecule has 0 aliphatic carbocycles. The zero-order valence-corrected chi connectivity index (χ0v) is 12.4. The molecule has 108 valence electrons. The van der Waals surface area contributed by atoms with Gasteiger partial charge in [0.15, 0.2) is 5.82 Å². The molecule has 1 aromatic heterocycles. The highest BCUT2D eigenvalue weighted by atomic mass is 35.5. The van der Waals surface area contributed by atoms with Crippen LogP contribution in [0.5, 0.6) is 0 Å². The van der Waals surface area contributed by atoms with E-state index < -0.39 is 10.0 Å². The number of sulfonamides is 1. The Bertz CT molecular complexity index is 692. The van der Waals surface area contributed by atoms with Gasteiger partial charge in [-0.3, -0.25) is 9.82 Å². The second-order valence-electron chi connectivity index (χ2n) is 4.29. The third kappa shape index (κ3) is 3.05. The van der Waals surface area contributed by atoms with Gasteiger partial charge in [-0.2, -0.15) is 5.10 Å². The number of benzene rings is 1. The van der Waals surface area contributed by atoms with Crippen molar-refractivity contribution < 1.29 is 8.42 Å². The average molecular weight is 315 g/mol. The maximum Gasteiger partial charge on any atom is 0.266 e. The summed E-state index contributed by atoms with van der Waals surface area (Å²) in [6.07, 6.45) is 1.73. The van der Waals surface area contributed by atoms with Gasteiger partial charge in [0, 0.05) is 11.8 Å². The van der Waals surface area contributed by atoms with E-state index in [1.54, 1.807) is 12.1 Å². The average Bonchev–Trinajstić information content (AvgIpc) is 2.75. The number of anilines is 2. The number of nitrogen functional groups attached to an aromatic ring is 1. The SMILES string of the molecule is CCCc1cc(NS(=O)(=O)c2c(N)cccc2Cl)n[nH]1. The first-order chi connectivity index (χ1) is 9.44. The van der Waals surface area contributed by atoms with Crippen molar-refractivity contribution in [1.29, 1.82) is 0 Å². The number of aromatic amines is 1. The van der Waals surface area contributed by atoms with Gasteiger partial charge in [-0.25, -0.2) is 8.42 Å². The van der Waals surface area contributed by atoms with Crippen LogP contribution in [0.15, 0.2) is 29.2 Å². The van der Waals surface area contributed by atoms with Crippen LogP contribution in [0.4, 0.5) is 11.5 Å². The number of aromatic nitrogens is 2. The van der Waals surface area contributed by atoms with Crippen LogP contribution in [0.3, 0.4) is 0 Å². The summed E-state index contributed by atoms with van der Waals surface area (Å²) in [4.78, 5) is -0.137. The Hall–Kier alpha value is -1.73. The number of nitrogens with two attached hydrogens (primary N) is 1. The Balaban J connectivity index is 2.31. The summed E-state index contributed by atoms with van der Waals surface area (Å²) in [6.45, 7) is 2.02. The lowest BCUT2D eigenvalue weighted by molar-refractivity contribution is 0.601. The molecule has 0 bridgehead atoms. The zero-order chi connectivity index (χ0) is 14.8. The van der Waals surface area contributed by atoms with Gasteiger partial charge in [-0.1, -0.05) is 31.0 Å². The van der Waals surface area contributed by atoms with Crippen LogP contribution >= 0.6 is 11.6 Å². The van der Waals surface area contributed by atoms with Gasteiger partial charge in [-0.05, 0) is 18.6 Å². The Morgan fingerprint density at radius 1 is 1.45 bits per heavy atom. The molecule has 0 aliphatic rings. The van der Waals surface area contributed by atoms with Gasteiger partial charge in [0.05, 0.1) is 10.7 Å². The topological polar surface area (TPSA) is 101 Å². The molecule has 0 atom stereocenters. The third-order valence-electron chi connectivity index (χ3n) is 2.66. The smallest absolute Gasteiger partial charge is 0.266 e. The van der Waals surface area contributed by atoms with Crippen molar-refractivity contribution in [3.63, 3.8) is 0 Å². The van der Waals surface area contributed by atoms with Crippen LogP contribution in [-0.2, 0) is 16.4 Å². The van der Waals surface area contributed by atoms with E-state index in [4.69, 9.17) is 17.3 Å². The highest BCUT2D eigenvalue weighted by Crippen LogP contribution is 2.28. The van der Waals surface area contributed by atoms with Crippen molar-refractivity contribution in [3.05, 3.63) is 35.0 Å². The lowest BCUT2D eigenvalue weighted by atomic mass is 10.2. The number of aryl methyl sites for hydroxylation is 1. The van der Waals surface area contributed by atoms with Crippen LogP contribution in [0.2, 0.25) is 5.02 Å². The van der Waals surface area contributed by atoms with E-state index >= 15 is 0 Å². The van der Waals surface area contributed by atoms with E-state index in [0.717, 1.165) is 18.5 Å². The van der Waals surface area contributed by atoms with Gasteiger partial charge < -0.3 is 5.73 Å². The molecule has 0 radical (unpaired) electrons. The lowest BCUT2D eigenvalue weighted by Gasteiger charge is -2.09. The van der Waals surface area contributed by atoms with Crippen molar-refractivity contribution in [2.24, 2.45) is 0 Å². The van der Waals surface area contributed by atoms with Crippen LogP contribution in [0, 0.1) is 0 Å². The molecule has 0 saturated heterocycles. The van der Waals surface area contributed by atoms with Gasteiger partial charge in [-0.15, -0.1) is 0 Å². The van der Waals surface area contributed by atoms with Crippen molar-refractivity contribution in [3.8, 4) is 0 Å². The summed E-state index contributed by atoms with van der Waals surface area (Å²) < 4.78 is 26.9. The van der Waals surface area contributed by atoms with Crippen LogP contribution < -0.4 is 10.5 Å². The molecule has 0 saturated carbocycles. The molecule has 0 fully saturated rings. The predicted molar refractivity (Wildman–Crippen MR) is 79.3 cm³/mol. The van der Waals surface area contributed by atoms with Crippen LogP contribution in [0.1, 0.15) is 19.0 Å². The van der Waals surface area contributed by atoms with E-state index in [1.807, 2.05) is 6.92 Å². The maximum absolute atomic E-state index is 12.3. The van der Waals surface area contributed by atoms with E-state index in [9.17, 15) is 8.42 Å². The Kier molecular flexibility index (Phi) is 4.20. The molecule has 1 aromatic carbocycles. The predicted octanol–water partition coefficient (Wildman–Crippen LogP) is 2.40. The molecule has 1 heterocycles. The maximum atomic E-state index is 12.3. The molecule has 2 aromatic rings. The number of nitrogens with one attached hydrogen (secondary N) is 2. The monoisotopic (exact) mass is 314 g/mol. The standard InChI is InChI=1S/C12H15ClN4O2S/c1-2-4-8-7-11(16-15-8)17-20(18,19)12-9(13)5-3-6-10(12)14/h3,5-7H,2,4,14H2,1H3,(H2,15,16,17). The molecule has 6 nitrogen and oxygen atoms in total. The van der Waals surface area contributed by atoms with Gasteiger partial charge in [0.1, 0.15) is 4.90 Å². The quantitative estimate of drug-likeness (QED) is 0.737. The third-order valence-corrected chi connectivity index (χ3v) is 4.55. The first-order valence-electron chi connectivity index (χ1n) is 6.05. The van der Waals surface area contributed by atoms with Crippen LogP contribution in [-0.4, -0.2) is 18.6 Å². The van der Waals surface area contributed by atoms with E-state index in [1.165, 1.54) is 12.1 Å². The van der Waals surface area contributed by atoms with E-state index in [2.05, 4.69) is 14.9 Å². The van der Waals surface area contributed by atoms with Crippen molar-refractivity contribution in [2.45, 2.75) is 24.7 Å². The van der Waals surface area contributed by atoms with Gasteiger partial charge >= 0.3 is 0 Å². The molecule has 8 heteroatoms. The van der Waals surface area contributed by atoms with Gasteiger partial charge in [0.2, 0.25) is 0 Å². The normalized spacial score (nSPS) is 11.5. The number of hydrogen-bond acceptors (Lipinski definition) is 4. The number of halogens is 1. The molecule has 0 amide bonds. The number of rotatable bonds is 5. The van der Waals surface area contributed by atoms with Crippen molar-refractivity contribution >= 4 is 33.1 Å². The lowest BCUT2D eigenvalue weighted by Crippen LogP contribution is -2.15. The summed E-state index contributed by atoms with van der Waals surface area (Å²) in [5.41, 5.74) is 6.63. The molecule has 4 N–H and O–H groups in total. The molecule has 20 heavy (non-hydrogen) atoms. The Morgan fingerprint density at radius 3 is 2.85 bits per heavy atom. The fraction of sp³-hybridized carbons (Fsp3) is 0.250. The summed E-state index contributed by atoms with van der Waals surface area (Å²) in [5.74, 6) is 0.216. The van der Waals surface area contributed by atoms with E-state index in [0.29, 0.717) is 0 Å². The molecule has 0 unspecified atom stereocenters. The summed E-state index contributed by atoms with van der Waals surface area (Å²) in [5, 5.41) is 6.75. The summed E-state index contributed by atoms with van der Waals surface area (Å²) in [7, 11) is -3.87. The van der Waals surface area contributed by atoms with Crippen molar-refractivity contribution in [1.82, 2.24) is 10.2 Å². The minimum atomic E-state index is -3.87. The summed E-state index contributed by atoms with van der Waals surface area (Å²) in [6, 6.07) is 6.19. The van der Waals surface area contributed by atoms with Gasteiger partial charge in [0.25, 0.3) is 10.0 Å². The minimum Gasteiger partial charge on any atom is -0.398 e. The highest BCUT2D eigenvalue weighted by molar-refractivity contribution is 7.93. The van der Waals surface area contributed by atoms with Crippen LogP contribution in [0.25, 0.3) is 0 Å². The molecule has 0 aliphatic heterocycles. The number of hydrogen-bond donors (Lipinski definition) is 3. The second-order valence-corrected chi connectivity index (χ2v) is 6.32. The number of H-pyrrole nitrogens is 1. The first-order valence-corrected chi connectivity index (χ1v) is 7.91. The summed E-state index contributed by atoms with van der Waals surface area (Å²) >= 11 is 5.91. The van der Waals surface area contributed by atoms with Crippen molar-refractivity contribution in [2.75, 3.05) is 10.5 Å². The zero-order valence-electron chi connectivity index (χ0n) is 10.9. The molecular formula is C12H15ClN4O2S. The highest BCUT2D eigenvalue weighted by Gasteiger charge is 2.22. The minimum absolute atomic E-state index is 0.0711.